The second-order valence-corrected chi connectivity index (χ2v) is 3.30. The van der Waals surface area contributed by atoms with Crippen LogP contribution in [0.1, 0.15) is 20.8 Å². The van der Waals surface area contributed by atoms with Crippen molar-refractivity contribution in [3.63, 3.8) is 0 Å². The van der Waals surface area contributed by atoms with E-state index in [0.717, 1.165) is 0 Å². The quantitative estimate of drug-likeness (QED) is 0.759. The number of fused-ring (bicyclic) bond motifs is 1. The SMILES string of the molecule is NC(=O)c1cc(C(N)=O)c2ccccc2n1. The van der Waals surface area contributed by atoms with Crippen LogP contribution >= 0.6 is 0 Å². The fraction of sp³-hybridized carbons (Fsp3) is 0. The minimum absolute atomic E-state index is 0.0347. The Morgan fingerprint density at radius 2 is 1.75 bits per heavy atom. The third-order valence-corrected chi connectivity index (χ3v) is 2.23. The number of amides is 2. The van der Waals surface area contributed by atoms with Gasteiger partial charge in [0.15, 0.2) is 0 Å². The van der Waals surface area contributed by atoms with Crippen LogP contribution in [0.25, 0.3) is 10.9 Å². The summed E-state index contributed by atoms with van der Waals surface area (Å²) in [4.78, 5) is 26.3. The van der Waals surface area contributed by atoms with Crippen molar-refractivity contribution in [1.82, 2.24) is 4.98 Å². The second kappa shape index (κ2) is 3.62. The highest BCUT2D eigenvalue weighted by atomic mass is 16.1. The van der Waals surface area contributed by atoms with Crippen molar-refractivity contribution < 1.29 is 9.59 Å². The van der Waals surface area contributed by atoms with E-state index in [1.807, 2.05) is 0 Å². The summed E-state index contributed by atoms with van der Waals surface area (Å²) in [7, 11) is 0. The van der Waals surface area contributed by atoms with E-state index in [1.165, 1.54) is 6.07 Å². The van der Waals surface area contributed by atoms with Crippen molar-refractivity contribution in [2.75, 3.05) is 0 Å². The Hall–Kier alpha value is -2.43. The molecule has 1 heterocycles. The normalized spacial score (nSPS) is 10.2. The molecule has 0 atom stereocenters. The zero-order chi connectivity index (χ0) is 11.7. The maximum Gasteiger partial charge on any atom is 0.267 e. The molecule has 4 N–H and O–H groups in total. The van der Waals surface area contributed by atoms with Gasteiger partial charge in [-0.3, -0.25) is 9.59 Å². The van der Waals surface area contributed by atoms with Crippen molar-refractivity contribution in [2.24, 2.45) is 11.5 Å². The van der Waals surface area contributed by atoms with E-state index in [9.17, 15) is 9.59 Å². The molecule has 0 radical (unpaired) electrons. The van der Waals surface area contributed by atoms with Crippen molar-refractivity contribution in [2.45, 2.75) is 0 Å². The molecule has 0 fully saturated rings. The molecule has 0 aliphatic heterocycles. The molecular formula is C11H9N3O2. The molecule has 0 unspecified atom stereocenters. The topological polar surface area (TPSA) is 99.1 Å². The number of nitrogens with zero attached hydrogens (tertiary/aromatic N) is 1. The first-order valence-electron chi connectivity index (χ1n) is 4.59. The van der Waals surface area contributed by atoms with E-state index < -0.39 is 11.8 Å². The Morgan fingerprint density at radius 3 is 2.38 bits per heavy atom. The number of primary amides is 2. The zero-order valence-electron chi connectivity index (χ0n) is 8.31. The van der Waals surface area contributed by atoms with Crippen LogP contribution in [0.4, 0.5) is 0 Å². The molecule has 0 bridgehead atoms. The Morgan fingerprint density at radius 1 is 1.06 bits per heavy atom. The predicted octanol–water partition coefficient (Wildman–Crippen LogP) is 0.433. The van der Waals surface area contributed by atoms with Crippen molar-refractivity contribution in [3.8, 4) is 0 Å². The molecule has 80 valence electrons. The van der Waals surface area contributed by atoms with E-state index in [1.54, 1.807) is 24.3 Å². The third kappa shape index (κ3) is 1.58. The lowest BCUT2D eigenvalue weighted by molar-refractivity contribution is 0.0995. The minimum atomic E-state index is -0.687. The molecule has 2 aromatic rings. The summed E-state index contributed by atoms with van der Waals surface area (Å²) in [6.45, 7) is 0. The van der Waals surface area contributed by atoms with Crippen molar-refractivity contribution in [1.29, 1.82) is 0 Å². The Bertz CT molecular complexity index is 593. The summed E-state index contributed by atoms with van der Waals surface area (Å²) >= 11 is 0. The average molecular weight is 215 g/mol. The molecule has 2 amide bonds. The van der Waals surface area contributed by atoms with Crippen molar-refractivity contribution in [3.05, 3.63) is 41.6 Å². The summed E-state index contributed by atoms with van der Waals surface area (Å²) in [6, 6.07) is 8.24. The number of hydrogen-bond acceptors (Lipinski definition) is 3. The highest BCUT2D eigenvalue weighted by Gasteiger charge is 2.12. The van der Waals surface area contributed by atoms with Gasteiger partial charge in [-0.25, -0.2) is 4.98 Å². The van der Waals surface area contributed by atoms with Gasteiger partial charge in [0.1, 0.15) is 5.69 Å². The molecule has 1 aromatic carbocycles. The maximum absolute atomic E-state index is 11.2. The predicted molar refractivity (Wildman–Crippen MR) is 58.8 cm³/mol. The molecule has 2 rings (SSSR count). The zero-order valence-corrected chi connectivity index (χ0v) is 8.31. The van der Waals surface area contributed by atoms with Crippen LogP contribution < -0.4 is 11.5 Å². The standard InChI is InChI=1S/C11H9N3O2/c12-10(15)7-5-9(11(13)16)14-8-4-2-1-3-6(7)8/h1-5H,(H2,12,15)(H2,13,16). The number of pyridine rings is 1. The number of nitrogens with two attached hydrogens (primary N) is 2. The van der Waals surface area contributed by atoms with Gasteiger partial charge in [-0.05, 0) is 12.1 Å². The first kappa shape index (κ1) is 10.1. The summed E-state index contributed by atoms with van der Waals surface area (Å²) in [5.74, 6) is -1.30. The fourth-order valence-corrected chi connectivity index (χ4v) is 1.51. The number of aromatic nitrogens is 1. The van der Waals surface area contributed by atoms with Gasteiger partial charge in [-0.1, -0.05) is 18.2 Å². The van der Waals surface area contributed by atoms with Gasteiger partial charge in [-0.2, -0.15) is 0 Å². The molecule has 16 heavy (non-hydrogen) atoms. The van der Waals surface area contributed by atoms with Crippen LogP contribution in [0.3, 0.4) is 0 Å². The smallest absolute Gasteiger partial charge is 0.267 e. The summed E-state index contributed by atoms with van der Waals surface area (Å²) in [6.07, 6.45) is 0. The Kier molecular flexibility index (Phi) is 2.28. The molecule has 1 aromatic heterocycles. The van der Waals surface area contributed by atoms with Gasteiger partial charge in [0.2, 0.25) is 5.91 Å². The van der Waals surface area contributed by atoms with Crippen LogP contribution in [-0.2, 0) is 0 Å². The van der Waals surface area contributed by atoms with Gasteiger partial charge in [0.25, 0.3) is 5.91 Å². The van der Waals surface area contributed by atoms with E-state index in [0.29, 0.717) is 10.9 Å². The van der Waals surface area contributed by atoms with Gasteiger partial charge in [0, 0.05) is 5.39 Å². The Labute approximate surface area is 91.1 Å². The van der Waals surface area contributed by atoms with Gasteiger partial charge in [0.05, 0.1) is 11.1 Å². The highest BCUT2D eigenvalue weighted by molar-refractivity contribution is 6.07. The summed E-state index contributed by atoms with van der Waals surface area (Å²) in [5, 5.41) is 0.611. The molecule has 0 aliphatic carbocycles. The summed E-state index contributed by atoms with van der Waals surface area (Å²) < 4.78 is 0. The molecule has 5 nitrogen and oxygen atoms in total. The van der Waals surface area contributed by atoms with Crippen LogP contribution in [0.5, 0.6) is 0 Å². The van der Waals surface area contributed by atoms with Crippen LogP contribution in [0, 0.1) is 0 Å². The number of benzene rings is 1. The fourth-order valence-electron chi connectivity index (χ4n) is 1.51. The first-order chi connectivity index (χ1) is 7.59. The first-order valence-corrected chi connectivity index (χ1v) is 4.59. The van der Waals surface area contributed by atoms with Gasteiger partial charge < -0.3 is 11.5 Å². The third-order valence-electron chi connectivity index (χ3n) is 2.23. The molecule has 0 aliphatic rings. The number of rotatable bonds is 2. The highest BCUT2D eigenvalue weighted by Crippen LogP contribution is 2.17. The largest absolute Gasteiger partial charge is 0.366 e. The lowest BCUT2D eigenvalue weighted by Gasteiger charge is -2.04. The number of para-hydroxylation sites is 1. The van der Waals surface area contributed by atoms with Crippen molar-refractivity contribution >= 4 is 22.7 Å². The lowest BCUT2D eigenvalue weighted by Crippen LogP contribution is -2.17. The van der Waals surface area contributed by atoms with E-state index >= 15 is 0 Å². The van der Waals surface area contributed by atoms with Crippen LogP contribution in [0.15, 0.2) is 30.3 Å². The maximum atomic E-state index is 11.2. The molecule has 0 spiro atoms. The molecule has 5 heteroatoms. The minimum Gasteiger partial charge on any atom is -0.366 e. The Balaban J connectivity index is 2.84. The monoisotopic (exact) mass is 215 g/mol. The second-order valence-electron chi connectivity index (χ2n) is 3.30. The number of carbonyl (C=O) groups excluding carboxylic acids is 2. The summed E-state index contributed by atoms with van der Waals surface area (Å²) in [5.41, 5.74) is 11.2. The molecule has 0 saturated heterocycles. The van der Waals surface area contributed by atoms with E-state index in [4.69, 9.17) is 11.5 Å². The molecular weight excluding hydrogens is 206 g/mol. The van der Waals surface area contributed by atoms with Crippen LogP contribution in [0.2, 0.25) is 0 Å². The number of carbonyl (C=O) groups is 2. The van der Waals surface area contributed by atoms with Gasteiger partial charge >= 0.3 is 0 Å². The van der Waals surface area contributed by atoms with Crippen LogP contribution in [-0.4, -0.2) is 16.8 Å². The van der Waals surface area contributed by atoms with Gasteiger partial charge in [-0.15, -0.1) is 0 Å². The van der Waals surface area contributed by atoms with E-state index in [-0.39, 0.29) is 11.3 Å². The number of hydrogen-bond donors (Lipinski definition) is 2. The average Bonchev–Trinajstić information content (AvgIpc) is 2.27. The molecule has 0 saturated carbocycles. The lowest BCUT2D eigenvalue weighted by atomic mass is 10.1. The van der Waals surface area contributed by atoms with E-state index in [2.05, 4.69) is 4.98 Å².